The zero-order chi connectivity index (χ0) is 22.8. The minimum absolute atomic E-state index is 0.252. The first kappa shape index (κ1) is 23.4. The number of amides is 2. The van der Waals surface area contributed by atoms with Crippen molar-refractivity contribution in [1.82, 2.24) is 0 Å². The molecule has 0 unspecified atom stereocenters. The summed E-state index contributed by atoms with van der Waals surface area (Å²) in [6.45, 7) is 0.252. The van der Waals surface area contributed by atoms with Gasteiger partial charge in [0.1, 0.15) is 12.4 Å². The second kappa shape index (κ2) is 10.0. The van der Waals surface area contributed by atoms with Gasteiger partial charge in [-0.1, -0.05) is 47.5 Å². The summed E-state index contributed by atoms with van der Waals surface area (Å²) < 4.78 is 7.31. The lowest BCUT2D eigenvalue weighted by Crippen LogP contribution is -2.27. The van der Waals surface area contributed by atoms with Crippen LogP contribution in [-0.4, -0.2) is 11.1 Å². The Morgan fingerprint density at radius 2 is 1.66 bits per heavy atom. The molecular formula is C23H13Br2Cl2NO3S. The maximum absolute atomic E-state index is 12.8. The van der Waals surface area contributed by atoms with Crippen molar-refractivity contribution in [1.29, 1.82) is 0 Å². The van der Waals surface area contributed by atoms with Crippen molar-refractivity contribution in [2.24, 2.45) is 0 Å². The number of hydrogen-bond acceptors (Lipinski definition) is 4. The number of para-hydroxylation sites is 1. The fourth-order valence-electron chi connectivity index (χ4n) is 3.01. The molecule has 0 N–H and O–H groups in total. The average Bonchev–Trinajstić information content (AvgIpc) is 3.02. The molecule has 0 atom stereocenters. The summed E-state index contributed by atoms with van der Waals surface area (Å²) in [5.74, 6) is 0.238. The van der Waals surface area contributed by atoms with Gasteiger partial charge < -0.3 is 4.74 Å². The Bertz CT molecular complexity index is 1230. The van der Waals surface area contributed by atoms with Crippen LogP contribution in [0, 0.1) is 0 Å². The molecule has 0 aromatic heterocycles. The second-order valence-corrected chi connectivity index (χ2v) is 10.2. The molecule has 2 amide bonds. The molecule has 0 spiro atoms. The summed E-state index contributed by atoms with van der Waals surface area (Å²) in [6, 6.07) is 17.7. The van der Waals surface area contributed by atoms with Crippen LogP contribution in [0.4, 0.5) is 10.5 Å². The molecule has 0 bridgehead atoms. The van der Waals surface area contributed by atoms with E-state index in [0.29, 0.717) is 35.3 Å². The fraction of sp³-hybridized carbons (Fsp3) is 0.0435. The highest BCUT2D eigenvalue weighted by atomic mass is 79.9. The highest BCUT2D eigenvalue weighted by Crippen LogP contribution is 2.39. The van der Waals surface area contributed by atoms with E-state index in [-0.39, 0.29) is 17.8 Å². The Morgan fingerprint density at radius 1 is 0.969 bits per heavy atom. The molecule has 162 valence electrons. The largest absolute Gasteiger partial charge is 0.486 e. The summed E-state index contributed by atoms with van der Waals surface area (Å²) in [5.41, 5.74) is 2.08. The number of hydrogen-bond donors (Lipinski definition) is 0. The lowest BCUT2D eigenvalue weighted by molar-refractivity contribution is -0.113. The van der Waals surface area contributed by atoms with Crippen LogP contribution in [0.5, 0.6) is 5.75 Å². The van der Waals surface area contributed by atoms with Gasteiger partial charge in [-0.2, -0.15) is 0 Å². The normalized spacial score (nSPS) is 15.0. The van der Waals surface area contributed by atoms with Gasteiger partial charge in [-0.3, -0.25) is 9.59 Å². The first-order valence-corrected chi connectivity index (χ1v) is 12.4. The molecule has 1 aliphatic heterocycles. The Morgan fingerprint density at radius 3 is 2.31 bits per heavy atom. The van der Waals surface area contributed by atoms with E-state index in [4.69, 9.17) is 27.9 Å². The number of nitrogens with zero attached hydrogens (tertiary/aromatic N) is 1. The Kier molecular flexibility index (Phi) is 7.32. The van der Waals surface area contributed by atoms with Crippen LogP contribution in [0.15, 0.2) is 74.5 Å². The highest BCUT2D eigenvalue weighted by Gasteiger charge is 2.36. The van der Waals surface area contributed by atoms with E-state index in [0.717, 1.165) is 22.9 Å². The number of ether oxygens (including phenoxy) is 1. The van der Waals surface area contributed by atoms with Crippen molar-refractivity contribution in [2.75, 3.05) is 4.90 Å². The van der Waals surface area contributed by atoms with Crippen molar-refractivity contribution in [3.8, 4) is 5.75 Å². The van der Waals surface area contributed by atoms with Crippen LogP contribution in [0.2, 0.25) is 10.0 Å². The predicted molar refractivity (Wildman–Crippen MR) is 138 cm³/mol. The molecule has 0 radical (unpaired) electrons. The molecule has 0 saturated carbocycles. The summed E-state index contributed by atoms with van der Waals surface area (Å²) in [6.07, 6.45) is 1.68. The van der Waals surface area contributed by atoms with Gasteiger partial charge in [0.25, 0.3) is 11.1 Å². The topological polar surface area (TPSA) is 46.6 Å². The van der Waals surface area contributed by atoms with Gasteiger partial charge in [0.05, 0.1) is 19.5 Å². The van der Waals surface area contributed by atoms with Gasteiger partial charge in [-0.15, -0.1) is 0 Å². The van der Waals surface area contributed by atoms with E-state index in [2.05, 4.69) is 31.9 Å². The number of carbonyl (C=O) groups excluding carboxylic acids is 2. The monoisotopic (exact) mass is 611 g/mol. The average molecular weight is 614 g/mol. The van der Waals surface area contributed by atoms with Crippen LogP contribution >= 0.6 is 66.8 Å². The van der Waals surface area contributed by atoms with Crippen LogP contribution in [0.1, 0.15) is 11.1 Å². The van der Waals surface area contributed by atoms with E-state index < -0.39 is 0 Å². The molecule has 32 heavy (non-hydrogen) atoms. The van der Waals surface area contributed by atoms with E-state index in [9.17, 15) is 9.59 Å². The van der Waals surface area contributed by atoms with E-state index in [1.165, 1.54) is 4.90 Å². The van der Waals surface area contributed by atoms with Crippen LogP contribution in [0.25, 0.3) is 6.08 Å². The summed E-state index contributed by atoms with van der Waals surface area (Å²) >= 11 is 20.1. The smallest absolute Gasteiger partial charge is 0.298 e. The first-order valence-electron chi connectivity index (χ1n) is 9.22. The zero-order valence-corrected chi connectivity index (χ0v) is 21.7. The van der Waals surface area contributed by atoms with Gasteiger partial charge in [0.15, 0.2) is 0 Å². The third-order valence-electron chi connectivity index (χ3n) is 4.51. The van der Waals surface area contributed by atoms with Crippen LogP contribution in [-0.2, 0) is 11.4 Å². The van der Waals surface area contributed by atoms with Crippen molar-refractivity contribution in [2.45, 2.75) is 6.61 Å². The van der Waals surface area contributed by atoms with E-state index >= 15 is 0 Å². The van der Waals surface area contributed by atoms with Crippen molar-refractivity contribution in [3.05, 3.63) is 95.7 Å². The second-order valence-electron chi connectivity index (χ2n) is 6.69. The standard InChI is InChI=1S/C23H13Br2Cl2NO3S/c24-17-8-13(9-18(25)21(17)31-12-14-6-7-15(26)11-19(14)27)10-20-22(29)28(23(30)32-20)16-4-2-1-3-5-16/h1-11H,12H2/b20-10-. The minimum atomic E-state index is -0.351. The molecule has 9 heteroatoms. The zero-order valence-electron chi connectivity index (χ0n) is 16.2. The lowest BCUT2D eigenvalue weighted by atomic mass is 10.2. The molecule has 0 aliphatic carbocycles. The van der Waals surface area contributed by atoms with Crippen LogP contribution in [0.3, 0.4) is 0 Å². The molecule has 1 aliphatic rings. The quantitative estimate of drug-likeness (QED) is 0.271. The summed E-state index contributed by atoms with van der Waals surface area (Å²) in [4.78, 5) is 26.8. The number of thioether (sulfide) groups is 1. The molecule has 3 aromatic carbocycles. The molecule has 1 heterocycles. The van der Waals surface area contributed by atoms with Crippen molar-refractivity contribution >= 4 is 89.7 Å². The highest BCUT2D eigenvalue weighted by molar-refractivity contribution is 9.11. The molecule has 4 rings (SSSR count). The van der Waals surface area contributed by atoms with Gasteiger partial charge in [-0.05, 0) is 91.7 Å². The molecule has 1 fully saturated rings. The minimum Gasteiger partial charge on any atom is -0.486 e. The van der Waals surface area contributed by atoms with Gasteiger partial charge in [0.2, 0.25) is 0 Å². The molecule has 3 aromatic rings. The number of rotatable bonds is 5. The van der Waals surface area contributed by atoms with Crippen molar-refractivity contribution < 1.29 is 14.3 Å². The molecule has 4 nitrogen and oxygen atoms in total. The number of halogens is 4. The third kappa shape index (κ3) is 5.07. The first-order chi connectivity index (χ1) is 15.3. The van der Waals surface area contributed by atoms with Crippen LogP contribution < -0.4 is 9.64 Å². The summed E-state index contributed by atoms with van der Waals surface area (Å²) in [7, 11) is 0. The van der Waals surface area contributed by atoms with E-state index in [1.807, 2.05) is 24.3 Å². The maximum Gasteiger partial charge on any atom is 0.298 e. The third-order valence-corrected chi connectivity index (χ3v) is 7.15. The van der Waals surface area contributed by atoms with Gasteiger partial charge in [0, 0.05) is 15.6 Å². The molecular weight excluding hydrogens is 601 g/mol. The Balaban J connectivity index is 1.55. The predicted octanol–water partition coefficient (Wildman–Crippen LogP) is 8.34. The van der Waals surface area contributed by atoms with Gasteiger partial charge in [-0.25, -0.2) is 4.90 Å². The number of imide groups is 1. The van der Waals surface area contributed by atoms with Crippen molar-refractivity contribution in [3.63, 3.8) is 0 Å². The number of benzene rings is 3. The molecule has 1 saturated heterocycles. The number of carbonyl (C=O) groups is 2. The summed E-state index contributed by atoms with van der Waals surface area (Å²) in [5, 5.41) is 0.753. The van der Waals surface area contributed by atoms with Gasteiger partial charge >= 0.3 is 0 Å². The van der Waals surface area contributed by atoms with E-state index in [1.54, 1.807) is 42.5 Å². The lowest BCUT2D eigenvalue weighted by Gasteiger charge is -2.13. The fourth-order valence-corrected chi connectivity index (χ4v) is 5.76. The Labute approximate surface area is 215 Å². The SMILES string of the molecule is O=C1S/C(=C\c2cc(Br)c(OCc3ccc(Cl)cc3Cl)c(Br)c2)C(=O)N1c1ccccc1. The number of anilines is 1. The maximum atomic E-state index is 12.8. The Hall–Kier alpha value is -1.77.